The van der Waals surface area contributed by atoms with Gasteiger partial charge in [0.25, 0.3) is 0 Å². The summed E-state index contributed by atoms with van der Waals surface area (Å²) in [5.74, 6) is 0. The van der Waals surface area contributed by atoms with E-state index in [0.29, 0.717) is 12.1 Å². The first-order chi connectivity index (χ1) is 8.58. The Hall–Kier alpha value is -2.12. The Morgan fingerprint density at radius 1 is 1.33 bits per heavy atom. The summed E-state index contributed by atoms with van der Waals surface area (Å²) in [6.07, 6.45) is 0. The van der Waals surface area contributed by atoms with Crippen LogP contribution < -0.4 is 5.73 Å². The van der Waals surface area contributed by atoms with E-state index in [-0.39, 0.29) is 0 Å². The summed E-state index contributed by atoms with van der Waals surface area (Å²) in [7, 11) is 0. The third-order valence-corrected chi connectivity index (χ3v) is 3.30. The maximum atomic E-state index is 9.23. The Morgan fingerprint density at radius 2 is 2.06 bits per heavy atom. The molecule has 1 aromatic carbocycles. The van der Waals surface area contributed by atoms with Crippen LogP contribution in [0.5, 0.6) is 0 Å². The Labute approximate surface area is 107 Å². The maximum Gasteiger partial charge on any atom is 0.101 e. The summed E-state index contributed by atoms with van der Waals surface area (Å²) < 4.78 is 1.82. The van der Waals surface area contributed by atoms with Crippen molar-refractivity contribution >= 4 is 0 Å². The normalized spacial score (nSPS) is 10.4. The van der Waals surface area contributed by atoms with Gasteiger partial charge in [0, 0.05) is 12.2 Å². The molecular formula is C14H16N4. The van der Waals surface area contributed by atoms with Crippen LogP contribution in [0, 0.1) is 32.1 Å². The first-order valence-corrected chi connectivity index (χ1v) is 5.84. The van der Waals surface area contributed by atoms with Crippen molar-refractivity contribution < 1.29 is 0 Å². The predicted molar refractivity (Wildman–Crippen MR) is 70.4 cm³/mol. The molecule has 1 aromatic heterocycles. The van der Waals surface area contributed by atoms with Crippen LogP contribution in [0.25, 0.3) is 5.69 Å². The molecule has 0 aliphatic heterocycles. The number of aryl methyl sites for hydroxylation is 1. The second-order valence-corrected chi connectivity index (χ2v) is 4.38. The van der Waals surface area contributed by atoms with Crippen LogP contribution in [0.15, 0.2) is 18.2 Å². The van der Waals surface area contributed by atoms with Crippen LogP contribution in [0.1, 0.15) is 28.1 Å². The second-order valence-electron chi connectivity index (χ2n) is 4.38. The highest BCUT2D eigenvalue weighted by Crippen LogP contribution is 2.20. The molecule has 0 radical (unpaired) electrons. The van der Waals surface area contributed by atoms with Crippen LogP contribution in [-0.2, 0) is 6.54 Å². The quantitative estimate of drug-likeness (QED) is 0.874. The topological polar surface area (TPSA) is 67.6 Å². The SMILES string of the molecule is Cc1nn(-c2ccc(CN)cc2C#N)c(C)c1C. The molecule has 2 aromatic rings. The number of benzene rings is 1. The summed E-state index contributed by atoms with van der Waals surface area (Å²) in [5.41, 5.74) is 11.1. The summed E-state index contributed by atoms with van der Waals surface area (Å²) in [4.78, 5) is 0. The maximum absolute atomic E-state index is 9.23. The lowest BCUT2D eigenvalue weighted by molar-refractivity contribution is 0.829. The van der Waals surface area contributed by atoms with Crippen molar-refractivity contribution in [1.29, 1.82) is 5.26 Å². The number of nitrogens with zero attached hydrogens (tertiary/aromatic N) is 3. The fourth-order valence-corrected chi connectivity index (χ4v) is 1.94. The fourth-order valence-electron chi connectivity index (χ4n) is 1.94. The van der Waals surface area contributed by atoms with Crippen molar-refractivity contribution in [1.82, 2.24) is 9.78 Å². The molecule has 0 fully saturated rings. The van der Waals surface area contributed by atoms with Crippen LogP contribution >= 0.6 is 0 Å². The molecule has 0 aliphatic rings. The molecule has 0 saturated heterocycles. The van der Waals surface area contributed by atoms with Gasteiger partial charge in [0.1, 0.15) is 6.07 Å². The van der Waals surface area contributed by atoms with Gasteiger partial charge in [-0.15, -0.1) is 0 Å². The van der Waals surface area contributed by atoms with E-state index in [1.165, 1.54) is 0 Å². The standard InChI is InChI=1S/C14H16N4/c1-9-10(2)17-18(11(9)3)14-5-4-12(7-15)6-13(14)8-16/h4-6H,7,15H2,1-3H3. The predicted octanol–water partition coefficient (Wildman–Crippen LogP) is 2.13. The van der Waals surface area contributed by atoms with E-state index < -0.39 is 0 Å². The van der Waals surface area contributed by atoms with Crippen LogP contribution in [-0.4, -0.2) is 9.78 Å². The van der Waals surface area contributed by atoms with Gasteiger partial charge in [-0.05, 0) is 44.0 Å². The fraction of sp³-hybridized carbons (Fsp3) is 0.286. The molecule has 0 saturated carbocycles. The van der Waals surface area contributed by atoms with E-state index >= 15 is 0 Å². The average Bonchev–Trinajstić information content (AvgIpc) is 2.65. The molecule has 0 bridgehead atoms. The van der Waals surface area contributed by atoms with Crippen molar-refractivity contribution in [3.8, 4) is 11.8 Å². The number of nitrogens with two attached hydrogens (primary N) is 1. The summed E-state index contributed by atoms with van der Waals surface area (Å²) >= 11 is 0. The Balaban J connectivity index is 2.64. The van der Waals surface area contributed by atoms with Crippen molar-refractivity contribution in [3.63, 3.8) is 0 Å². The van der Waals surface area contributed by atoms with Gasteiger partial charge in [0.15, 0.2) is 0 Å². The summed E-state index contributed by atoms with van der Waals surface area (Å²) in [6.45, 7) is 6.45. The van der Waals surface area contributed by atoms with Crippen LogP contribution in [0.3, 0.4) is 0 Å². The van der Waals surface area contributed by atoms with Crippen LogP contribution in [0.4, 0.5) is 0 Å². The minimum atomic E-state index is 0.436. The van der Waals surface area contributed by atoms with Crippen molar-refractivity contribution in [2.24, 2.45) is 5.73 Å². The van der Waals surface area contributed by atoms with Crippen molar-refractivity contribution in [2.45, 2.75) is 27.3 Å². The minimum Gasteiger partial charge on any atom is -0.326 e. The average molecular weight is 240 g/mol. The lowest BCUT2D eigenvalue weighted by atomic mass is 10.1. The highest BCUT2D eigenvalue weighted by Gasteiger charge is 2.12. The number of hydrogen-bond donors (Lipinski definition) is 1. The van der Waals surface area contributed by atoms with E-state index in [4.69, 9.17) is 5.73 Å². The molecule has 0 amide bonds. The number of hydrogen-bond acceptors (Lipinski definition) is 3. The van der Waals surface area contributed by atoms with Gasteiger partial charge in [-0.25, -0.2) is 4.68 Å². The third kappa shape index (κ3) is 1.89. The smallest absolute Gasteiger partial charge is 0.101 e. The molecule has 18 heavy (non-hydrogen) atoms. The highest BCUT2D eigenvalue weighted by atomic mass is 15.3. The second kappa shape index (κ2) is 4.63. The molecule has 0 aliphatic carbocycles. The molecule has 1 heterocycles. The van der Waals surface area contributed by atoms with Crippen molar-refractivity contribution in [2.75, 3.05) is 0 Å². The van der Waals surface area contributed by atoms with E-state index in [2.05, 4.69) is 11.2 Å². The molecule has 0 spiro atoms. The van der Waals surface area contributed by atoms with Gasteiger partial charge in [-0.1, -0.05) is 6.07 Å². The molecule has 92 valence electrons. The number of nitriles is 1. The molecule has 4 nitrogen and oxygen atoms in total. The van der Waals surface area contributed by atoms with E-state index in [0.717, 1.165) is 28.2 Å². The highest BCUT2D eigenvalue weighted by molar-refractivity contribution is 5.51. The van der Waals surface area contributed by atoms with E-state index in [1.807, 2.05) is 43.7 Å². The number of rotatable bonds is 2. The third-order valence-electron chi connectivity index (χ3n) is 3.30. The largest absolute Gasteiger partial charge is 0.326 e. The Morgan fingerprint density at radius 3 is 2.56 bits per heavy atom. The zero-order valence-electron chi connectivity index (χ0n) is 10.9. The molecular weight excluding hydrogens is 224 g/mol. The lowest BCUT2D eigenvalue weighted by Gasteiger charge is -2.08. The number of aromatic nitrogens is 2. The van der Waals surface area contributed by atoms with Gasteiger partial charge >= 0.3 is 0 Å². The molecule has 0 atom stereocenters. The van der Waals surface area contributed by atoms with Crippen molar-refractivity contribution in [3.05, 3.63) is 46.3 Å². The monoisotopic (exact) mass is 240 g/mol. The molecule has 4 heteroatoms. The lowest BCUT2D eigenvalue weighted by Crippen LogP contribution is -2.04. The van der Waals surface area contributed by atoms with Gasteiger partial charge in [-0.2, -0.15) is 10.4 Å². The molecule has 2 rings (SSSR count). The molecule has 2 N–H and O–H groups in total. The first-order valence-electron chi connectivity index (χ1n) is 5.84. The summed E-state index contributed by atoms with van der Waals surface area (Å²) in [5, 5.41) is 13.7. The first kappa shape index (κ1) is 12.3. The van der Waals surface area contributed by atoms with E-state index in [9.17, 15) is 5.26 Å². The van der Waals surface area contributed by atoms with Gasteiger partial charge in [0.2, 0.25) is 0 Å². The Bertz CT molecular complexity index is 632. The summed E-state index contributed by atoms with van der Waals surface area (Å²) in [6, 6.07) is 7.86. The zero-order chi connectivity index (χ0) is 13.3. The van der Waals surface area contributed by atoms with E-state index in [1.54, 1.807) is 0 Å². The zero-order valence-corrected chi connectivity index (χ0v) is 10.9. The Kier molecular flexibility index (Phi) is 3.17. The van der Waals surface area contributed by atoms with Gasteiger partial charge in [0.05, 0.1) is 16.9 Å². The van der Waals surface area contributed by atoms with Gasteiger partial charge in [-0.3, -0.25) is 0 Å². The van der Waals surface area contributed by atoms with Crippen LogP contribution in [0.2, 0.25) is 0 Å². The molecule has 0 unspecified atom stereocenters. The minimum absolute atomic E-state index is 0.436. The van der Waals surface area contributed by atoms with Gasteiger partial charge < -0.3 is 5.73 Å².